The zero-order chi connectivity index (χ0) is 10.9. The maximum Gasteiger partial charge on any atom is 0.219 e. The predicted octanol–water partition coefficient (Wildman–Crippen LogP) is 2.98. The van der Waals surface area contributed by atoms with Gasteiger partial charge in [-0.3, -0.25) is 4.79 Å². The van der Waals surface area contributed by atoms with E-state index in [1.54, 1.807) is 13.0 Å². The number of carbonyl (C=O) groups is 1. The Morgan fingerprint density at radius 1 is 1.64 bits per heavy atom. The van der Waals surface area contributed by atoms with Gasteiger partial charge in [0, 0.05) is 5.57 Å². The largest absolute Gasteiger partial charge is 0.510 e. The molecule has 0 aliphatic carbocycles. The molecule has 0 saturated heterocycles. The monoisotopic (exact) mass is 210 g/mol. The first-order chi connectivity index (χ1) is 6.40. The summed E-state index contributed by atoms with van der Waals surface area (Å²) in [4.78, 5) is 11.4. The van der Waals surface area contributed by atoms with Gasteiger partial charge in [-0.1, -0.05) is 36.1 Å². The molecule has 3 heteroatoms. The van der Waals surface area contributed by atoms with Crippen molar-refractivity contribution in [2.45, 2.75) is 25.5 Å². The molecular formula is C11H14O2S. The highest BCUT2D eigenvalue weighted by Gasteiger charge is 2.39. The molecule has 0 radical (unpaired) electrons. The minimum Gasteiger partial charge on any atom is -0.510 e. The molecule has 1 aliphatic rings. The molecule has 2 nitrogen and oxygen atoms in total. The average molecular weight is 210 g/mol. The predicted molar refractivity (Wildman–Crippen MR) is 60.3 cm³/mol. The van der Waals surface area contributed by atoms with Gasteiger partial charge >= 0.3 is 0 Å². The molecule has 0 amide bonds. The normalized spacial score (nSPS) is 28.5. The van der Waals surface area contributed by atoms with Crippen LogP contribution in [0.15, 0.2) is 35.6 Å². The van der Waals surface area contributed by atoms with Gasteiger partial charge < -0.3 is 5.11 Å². The van der Waals surface area contributed by atoms with E-state index in [0.717, 1.165) is 17.3 Å². The second-order valence-corrected chi connectivity index (χ2v) is 4.99. The number of aliphatic hydroxyl groups is 1. The highest BCUT2D eigenvalue weighted by atomic mass is 32.2. The van der Waals surface area contributed by atoms with Crippen molar-refractivity contribution in [3.8, 4) is 0 Å². The molecule has 76 valence electrons. The van der Waals surface area contributed by atoms with E-state index < -0.39 is 4.75 Å². The molecule has 0 aromatic heterocycles. The Labute approximate surface area is 88.4 Å². The molecule has 0 saturated carbocycles. The Balaban J connectivity index is 3.12. The van der Waals surface area contributed by atoms with Crippen LogP contribution in [0.5, 0.6) is 0 Å². The minimum absolute atomic E-state index is 0.0573. The summed E-state index contributed by atoms with van der Waals surface area (Å²) in [6.45, 7) is 9.00. The number of hydrogen-bond acceptors (Lipinski definition) is 3. The van der Waals surface area contributed by atoms with Crippen molar-refractivity contribution in [1.82, 2.24) is 0 Å². The summed E-state index contributed by atoms with van der Waals surface area (Å²) in [5.41, 5.74) is 1.40. The molecule has 1 unspecified atom stereocenters. The number of aliphatic hydroxyl groups excluding tert-OH is 1. The maximum atomic E-state index is 11.4. The quantitative estimate of drug-likeness (QED) is 0.712. The fourth-order valence-corrected chi connectivity index (χ4v) is 2.51. The number of rotatable bonds is 2. The highest BCUT2D eigenvalue weighted by Crippen LogP contribution is 2.43. The van der Waals surface area contributed by atoms with Crippen LogP contribution in [-0.4, -0.2) is 15.0 Å². The van der Waals surface area contributed by atoms with E-state index in [-0.39, 0.29) is 10.9 Å². The van der Waals surface area contributed by atoms with Crippen LogP contribution in [0.4, 0.5) is 0 Å². The standard InChI is InChI=1S/C11H14O2S/c1-5-7(2)6-11(4)9(12)8(3)10(13)14-11/h5-6,12H,1H2,2-4H3/b7-6-. The summed E-state index contributed by atoms with van der Waals surface area (Å²) < 4.78 is -0.612. The lowest BCUT2D eigenvalue weighted by Crippen LogP contribution is -2.17. The van der Waals surface area contributed by atoms with Crippen LogP contribution in [0.3, 0.4) is 0 Å². The number of allylic oxidation sites excluding steroid dienone is 2. The Kier molecular flexibility index (Phi) is 2.90. The molecule has 14 heavy (non-hydrogen) atoms. The second-order valence-electron chi connectivity index (χ2n) is 3.56. The fourth-order valence-electron chi connectivity index (χ4n) is 1.38. The first-order valence-electron chi connectivity index (χ1n) is 4.36. The average Bonchev–Trinajstić information content (AvgIpc) is 2.30. The lowest BCUT2D eigenvalue weighted by molar-refractivity contribution is -0.107. The summed E-state index contributed by atoms with van der Waals surface area (Å²) >= 11 is 1.14. The third-order valence-electron chi connectivity index (χ3n) is 2.26. The summed E-state index contributed by atoms with van der Waals surface area (Å²) in [6.07, 6.45) is 3.56. The van der Waals surface area contributed by atoms with E-state index in [1.165, 1.54) is 0 Å². The maximum absolute atomic E-state index is 11.4. The molecule has 0 aromatic carbocycles. The van der Waals surface area contributed by atoms with Crippen LogP contribution in [0.1, 0.15) is 20.8 Å². The molecule has 1 aliphatic heterocycles. The topological polar surface area (TPSA) is 37.3 Å². The van der Waals surface area contributed by atoms with Crippen LogP contribution in [-0.2, 0) is 4.79 Å². The third-order valence-corrected chi connectivity index (χ3v) is 3.49. The number of hydrogen-bond donors (Lipinski definition) is 1. The smallest absolute Gasteiger partial charge is 0.219 e. The molecular weight excluding hydrogens is 196 g/mol. The second kappa shape index (κ2) is 3.65. The van der Waals surface area contributed by atoms with Gasteiger partial charge in [-0.05, 0) is 20.8 Å². The number of thioether (sulfide) groups is 1. The van der Waals surface area contributed by atoms with E-state index in [4.69, 9.17) is 0 Å². The molecule has 0 aromatic rings. The van der Waals surface area contributed by atoms with Gasteiger partial charge in [-0.25, -0.2) is 0 Å². The van der Waals surface area contributed by atoms with Crippen molar-refractivity contribution >= 4 is 16.9 Å². The van der Waals surface area contributed by atoms with E-state index in [1.807, 2.05) is 19.9 Å². The van der Waals surface area contributed by atoms with Crippen molar-refractivity contribution in [3.63, 3.8) is 0 Å². The molecule has 0 spiro atoms. The van der Waals surface area contributed by atoms with E-state index >= 15 is 0 Å². The molecule has 1 atom stereocenters. The van der Waals surface area contributed by atoms with Crippen LogP contribution < -0.4 is 0 Å². The van der Waals surface area contributed by atoms with Gasteiger partial charge in [-0.15, -0.1) is 0 Å². The number of carbonyl (C=O) groups excluding carboxylic acids is 1. The Morgan fingerprint density at radius 3 is 2.57 bits per heavy atom. The van der Waals surface area contributed by atoms with Gasteiger partial charge in [0.25, 0.3) is 0 Å². The van der Waals surface area contributed by atoms with Crippen LogP contribution in [0, 0.1) is 0 Å². The Bertz CT molecular complexity index is 352. The fraction of sp³-hybridized carbons (Fsp3) is 0.364. The summed E-state index contributed by atoms with van der Waals surface area (Å²) in [7, 11) is 0. The molecule has 1 heterocycles. The Hall–Kier alpha value is -0.960. The summed E-state index contributed by atoms with van der Waals surface area (Å²) in [5, 5.41) is 9.73. The first-order valence-corrected chi connectivity index (χ1v) is 5.18. The van der Waals surface area contributed by atoms with Crippen LogP contribution >= 0.6 is 11.8 Å². The van der Waals surface area contributed by atoms with E-state index in [9.17, 15) is 9.90 Å². The van der Waals surface area contributed by atoms with Crippen LogP contribution in [0.25, 0.3) is 0 Å². The minimum atomic E-state index is -0.612. The van der Waals surface area contributed by atoms with E-state index in [0.29, 0.717) is 5.57 Å². The van der Waals surface area contributed by atoms with Crippen molar-refractivity contribution in [2.75, 3.05) is 0 Å². The SMILES string of the molecule is C=C/C(C)=C\C1(C)SC(=O)C(C)=C1O. The summed E-state index contributed by atoms with van der Waals surface area (Å²) in [6, 6.07) is 0. The van der Waals surface area contributed by atoms with Gasteiger partial charge in [0.2, 0.25) is 5.12 Å². The summed E-state index contributed by atoms with van der Waals surface area (Å²) in [5.74, 6) is 0.161. The van der Waals surface area contributed by atoms with Crippen molar-refractivity contribution < 1.29 is 9.90 Å². The molecule has 1 rings (SSSR count). The lowest BCUT2D eigenvalue weighted by Gasteiger charge is -2.18. The van der Waals surface area contributed by atoms with Crippen molar-refractivity contribution in [2.24, 2.45) is 0 Å². The van der Waals surface area contributed by atoms with Gasteiger partial charge in [0.15, 0.2) is 0 Å². The first kappa shape index (κ1) is 11.1. The highest BCUT2D eigenvalue weighted by molar-refractivity contribution is 8.16. The van der Waals surface area contributed by atoms with E-state index in [2.05, 4.69) is 6.58 Å². The molecule has 0 bridgehead atoms. The van der Waals surface area contributed by atoms with Gasteiger partial charge in [0.05, 0.1) is 4.75 Å². The van der Waals surface area contributed by atoms with Crippen LogP contribution in [0.2, 0.25) is 0 Å². The Morgan fingerprint density at radius 2 is 2.21 bits per heavy atom. The van der Waals surface area contributed by atoms with Crippen molar-refractivity contribution in [1.29, 1.82) is 0 Å². The van der Waals surface area contributed by atoms with Gasteiger partial charge in [0.1, 0.15) is 5.76 Å². The molecule has 1 N–H and O–H groups in total. The molecule has 0 fully saturated rings. The zero-order valence-electron chi connectivity index (χ0n) is 8.63. The lowest BCUT2D eigenvalue weighted by atomic mass is 10.0. The van der Waals surface area contributed by atoms with Crippen molar-refractivity contribution in [3.05, 3.63) is 35.6 Å². The van der Waals surface area contributed by atoms with Gasteiger partial charge in [-0.2, -0.15) is 0 Å². The third kappa shape index (κ3) is 1.77. The zero-order valence-corrected chi connectivity index (χ0v) is 9.44.